The highest BCUT2D eigenvalue weighted by Gasteiger charge is 2.22. The Hall–Kier alpha value is -2.10. The third-order valence-electron chi connectivity index (χ3n) is 6.20. The van der Waals surface area contributed by atoms with Gasteiger partial charge in [-0.3, -0.25) is 14.5 Å². The van der Waals surface area contributed by atoms with Crippen LogP contribution in [0.15, 0.2) is 27.6 Å². The van der Waals surface area contributed by atoms with Gasteiger partial charge in [-0.1, -0.05) is 13.8 Å². The minimum absolute atomic E-state index is 0.0203. The quantitative estimate of drug-likeness (QED) is 0.392. The highest BCUT2D eigenvalue weighted by Crippen LogP contribution is 2.33. The van der Waals surface area contributed by atoms with E-state index in [0.29, 0.717) is 30.3 Å². The lowest BCUT2D eigenvalue weighted by atomic mass is 9.97. The fraction of sp³-hybridized carbons (Fsp3) is 0.542. The van der Waals surface area contributed by atoms with Crippen LogP contribution >= 0.6 is 23.1 Å². The fourth-order valence-electron chi connectivity index (χ4n) is 4.46. The van der Waals surface area contributed by atoms with Crippen LogP contribution in [-0.4, -0.2) is 46.2 Å². The van der Waals surface area contributed by atoms with Crippen molar-refractivity contribution < 1.29 is 9.21 Å². The zero-order valence-corrected chi connectivity index (χ0v) is 20.9. The number of nitrogens with one attached hydrogen (secondary N) is 2. The highest BCUT2D eigenvalue weighted by atomic mass is 32.2. The number of carbonyl (C=O) groups is 1. The van der Waals surface area contributed by atoms with Crippen LogP contribution in [0.25, 0.3) is 10.2 Å². The summed E-state index contributed by atoms with van der Waals surface area (Å²) in [6, 6.07) is 3.87. The summed E-state index contributed by atoms with van der Waals surface area (Å²) in [4.78, 5) is 37.2. The number of hydrogen-bond donors (Lipinski definition) is 2. The summed E-state index contributed by atoms with van der Waals surface area (Å²) in [5.41, 5.74) is 1.19. The van der Waals surface area contributed by atoms with Gasteiger partial charge >= 0.3 is 0 Å². The molecule has 0 bridgehead atoms. The van der Waals surface area contributed by atoms with Crippen molar-refractivity contribution in [3.63, 3.8) is 0 Å². The summed E-state index contributed by atoms with van der Waals surface area (Å²) in [5, 5.41) is 3.85. The number of furan rings is 1. The molecule has 1 amide bonds. The summed E-state index contributed by atoms with van der Waals surface area (Å²) >= 11 is 3.29. The molecular formula is C24H32N4O3S2. The van der Waals surface area contributed by atoms with Crippen molar-refractivity contribution >= 4 is 39.2 Å². The van der Waals surface area contributed by atoms with Crippen LogP contribution < -0.4 is 10.9 Å². The average molecular weight is 489 g/mol. The molecule has 1 aliphatic carbocycles. The van der Waals surface area contributed by atoms with Crippen LogP contribution in [0.5, 0.6) is 0 Å². The number of thioether (sulfide) groups is 1. The van der Waals surface area contributed by atoms with Crippen LogP contribution in [-0.2, 0) is 23.4 Å². The molecule has 4 rings (SSSR count). The molecule has 0 saturated heterocycles. The molecule has 0 aromatic carbocycles. The van der Waals surface area contributed by atoms with Gasteiger partial charge in [-0.25, -0.2) is 4.98 Å². The van der Waals surface area contributed by atoms with E-state index in [2.05, 4.69) is 29.0 Å². The van der Waals surface area contributed by atoms with Gasteiger partial charge in [0.2, 0.25) is 5.91 Å². The Morgan fingerprint density at radius 1 is 1.33 bits per heavy atom. The van der Waals surface area contributed by atoms with E-state index in [1.54, 1.807) is 29.4 Å². The fourth-order valence-corrected chi connectivity index (χ4v) is 6.55. The average Bonchev–Trinajstić information content (AvgIpc) is 3.47. The number of nitrogens with zero attached hydrogens (tertiary/aromatic N) is 2. The Labute approximate surface area is 202 Å². The predicted molar refractivity (Wildman–Crippen MR) is 135 cm³/mol. The topological polar surface area (TPSA) is 91.2 Å². The molecule has 0 spiro atoms. The number of thiophene rings is 1. The Balaban J connectivity index is 1.27. The van der Waals surface area contributed by atoms with Gasteiger partial charge in [-0.15, -0.1) is 11.3 Å². The van der Waals surface area contributed by atoms with Crippen molar-refractivity contribution in [1.29, 1.82) is 0 Å². The molecule has 7 nitrogen and oxygen atoms in total. The van der Waals surface area contributed by atoms with Gasteiger partial charge in [-0.05, 0) is 56.5 Å². The van der Waals surface area contributed by atoms with E-state index in [9.17, 15) is 9.59 Å². The Bertz CT molecular complexity index is 1120. The smallest absolute Gasteiger partial charge is 0.259 e. The Morgan fingerprint density at radius 2 is 2.15 bits per heavy atom. The SMILES string of the molecule is CCN(CC)C(CNC(=O)CCSCc1nc2sc3c(c2c(=O)[nH]1)CCCC3)c1ccco1. The van der Waals surface area contributed by atoms with E-state index in [1.807, 2.05) is 12.1 Å². The summed E-state index contributed by atoms with van der Waals surface area (Å²) in [5.74, 6) is 2.85. The summed E-state index contributed by atoms with van der Waals surface area (Å²) in [7, 11) is 0. The van der Waals surface area contributed by atoms with Gasteiger partial charge in [-0.2, -0.15) is 11.8 Å². The number of amides is 1. The minimum atomic E-state index is -0.0203. The van der Waals surface area contributed by atoms with E-state index in [0.717, 1.165) is 48.3 Å². The number of likely N-dealkylation sites (N-methyl/N-ethyl adjacent to an activating group) is 1. The van der Waals surface area contributed by atoms with Crippen LogP contribution in [0.3, 0.4) is 0 Å². The lowest BCUT2D eigenvalue weighted by Gasteiger charge is -2.28. The van der Waals surface area contributed by atoms with Crippen molar-refractivity contribution in [2.45, 2.75) is 57.7 Å². The molecule has 0 radical (unpaired) electrons. The first-order chi connectivity index (χ1) is 16.1. The molecule has 1 atom stereocenters. The van der Waals surface area contributed by atoms with Crippen LogP contribution in [0.1, 0.15) is 61.2 Å². The van der Waals surface area contributed by atoms with Crippen molar-refractivity contribution in [3.05, 3.63) is 50.8 Å². The second kappa shape index (κ2) is 11.4. The number of aromatic nitrogens is 2. The van der Waals surface area contributed by atoms with Gasteiger partial charge in [0, 0.05) is 23.6 Å². The maximum Gasteiger partial charge on any atom is 0.259 e. The van der Waals surface area contributed by atoms with Crippen molar-refractivity contribution in [2.75, 3.05) is 25.4 Å². The normalized spacial score (nSPS) is 14.5. The molecule has 9 heteroatoms. The Morgan fingerprint density at radius 3 is 2.91 bits per heavy atom. The molecule has 3 heterocycles. The maximum atomic E-state index is 12.7. The van der Waals surface area contributed by atoms with Gasteiger partial charge in [0.1, 0.15) is 16.4 Å². The van der Waals surface area contributed by atoms with Crippen LogP contribution in [0.2, 0.25) is 0 Å². The molecule has 0 aliphatic heterocycles. The first kappa shape index (κ1) is 24.0. The summed E-state index contributed by atoms with van der Waals surface area (Å²) in [6.45, 7) is 6.51. The van der Waals surface area contributed by atoms with Gasteiger partial charge in [0.15, 0.2) is 0 Å². The second-order valence-corrected chi connectivity index (χ2v) is 10.5. The molecule has 33 heavy (non-hydrogen) atoms. The molecular weight excluding hydrogens is 456 g/mol. The van der Waals surface area contributed by atoms with Gasteiger partial charge in [0.25, 0.3) is 5.56 Å². The van der Waals surface area contributed by atoms with Crippen LogP contribution in [0.4, 0.5) is 0 Å². The van der Waals surface area contributed by atoms with Crippen LogP contribution in [0, 0.1) is 0 Å². The molecule has 3 aromatic rings. The first-order valence-corrected chi connectivity index (χ1v) is 13.7. The van der Waals surface area contributed by atoms with E-state index in [1.165, 1.54) is 16.9 Å². The molecule has 178 valence electrons. The van der Waals surface area contributed by atoms with Crippen molar-refractivity contribution in [1.82, 2.24) is 20.2 Å². The molecule has 1 unspecified atom stereocenters. The number of fused-ring (bicyclic) bond motifs is 3. The standard InChI is InChI=1S/C24H32N4O3S2/c1-3-28(4-2)17(18-9-7-12-31-18)14-25-21(29)11-13-32-15-20-26-23(30)22-16-8-5-6-10-19(16)33-24(22)27-20/h7,9,12,17H,3-6,8,10-11,13-15H2,1-2H3,(H,25,29)(H,26,27,30). The summed E-state index contributed by atoms with van der Waals surface area (Å²) in [6.07, 6.45) is 6.48. The third kappa shape index (κ3) is 5.70. The van der Waals surface area contributed by atoms with Gasteiger partial charge < -0.3 is 14.7 Å². The van der Waals surface area contributed by atoms with Crippen molar-refractivity contribution in [2.24, 2.45) is 0 Å². The number of aromatic amines is 1. The number of hydrogen-bond acceptors (Lipinski definition) is 7. The number of H-pyrrole nitrogens is 1. The monoisotopic (exact) mass is 488 g/mol. The first-order valence-electron chi connectivity index (χ1n) is 11.8. The molecule has 3 aromatic heterocycles. The van der Waals surface area contributed by atoms with Gasteiger partial charge in [0.05, 0.1) is 23.4 Å². The largest absolute Gasteiger partial charge is 0.468 e. The molecule has 0 fully saturated rings. The minimum Gasteiger partial charge on any atom is -0.468 e. The lowest BCUT2D eigenvalue weighted by molar-refractivity contribution is -0.120. The van der Waals surface area contributed by atoms with E-state index in [-0.39, 0.29) is 17.5 Å². The zero-order valence-electron chi connectivity index (χ0n) is 19.3. The molecule has 1 aliphatic rings. The van der Waals surface area contributed by atoms with E-state index in [4.69, 9.17) is 9.40 Å². The highest BCUT2D eigenvalue weighted by molar-refractivity contribution is 7.98. The number of carbonyl (C=O) groups excluding carboxylic acids is 1. The molecule has 0 saturated carbocycles. The number of rotatable bonds is 11. The Kier molecular flexibility index (Phi) is 8.27. The lowest BCUT2D eigenvalue weighted by Crippen LogP contribution is -2.38. The van der Waals surface area contributed by atoms with Crippen molar-refractivity contribution in [3.8, 4) is 0 Å². The zero-order chi connectivity index (χ0) is 23.2. The molecule has 2 N–H and O–H groups in total. The van der Waals surface area contributed by atoms with E-state index >= 15 is 0 Å². The number of aryl methyl sites for hydroxylation is 2. The second-order valence-electron chi connectivity index (χ2n) is 8.26. The predicted octanol–water partition coefficient (Wildman–Crippen LogP) is 4.28. The third-order valence-corrected chi connectivity index (χ3v) is 8.36. The van der Waals surface area contributed by atoms with E-state index < -0.39 is 0 Å². The summed E-state index contributed by atoms with van der Waals surface area (Å²) < 4.78 is 5.59. The maximum absolute atomic E-state index is 12.7.